The number of rotatable bonds is 12. The first-order valence-corrected chi connectivity index (χ1v) is 14.3. The minimum absolute atomic E-state index is 0.129. The van der Waals surface area contributed by atoms with Gasteiger partial charge in [-0.05, 0) is 63.0 Å². The van der Waals surface area contributed by atoms with Gasteiger partial charge in [0.15, 0.2) is 0 Å². The third kappa shape index (κ3) is 15.0. The number of alkyl halides is 3. The Balaban J connectivity index is 0.000000464. The molecule has 1 aliphatic rings. The molecule has 7 heteroatoms. The van der Waals surface area contributed by atoms with E-state index in [1.54, 1.807) is 6.92 Å². The molecule has 1 aromatic carbocycles. The zero-order valence-electron chi connectivity index (χ0n) is 24.3. The van der Waals surface area contributed by atoms with Gasteiger partial charge in [0.1, 0.15) is 0 Å². The predicted molar refractivity (Wildman–Crippen MR) is 155 cm³/mol. The quantitative estimate of drug-likeness (QED) is 0.0930. The van der Waals surface area contributed by atoms with Crippen LogP contribution in [-0.4, -0.2) is 24.9 Å². The maximum Gasteiger partial charge on any atom is 0.412 e. The Morgan fingerprint density at radius 3 is 2.33 bits per heavy atom. The number of ether oxygens (including phenoxy) is 1. The van der Waals surface area contributed by atoms with Crippen LogP contribution < -0.4 is 5.43 Å². The fourth-order valence-electron chi connectivity index (χ4n) is 4.46. The Labute approximate surface area is 233 Å². The summed E-state index contributed by atoms with van der Waals surface area (Å²) in [5.74, 6) is 6.51. The van der Waals surface area contributed by atoms with Crippen molar-refractivity contribution in [2.45, 2.75) is 117 Å². The summed E-state index contributed by atoms with van der Waals surface area (Å²) in [6.45, 7) is 9.67. The van der Waals surface area contributed by atoms with Gasteiger partial charge in [0.2, 0.25) is 0 Å². The lowest BCUT2D eigenvalue weighted by molar-refractivity contribution is -0.0913. The second-order valence-electron chi connectivity index (χ2n) is 10.4. The Bertz CT molecular complexity index is 924. The first-order chi connectivity index (χ1) is 18.6. The van der Waals surface area contributed by atoms with Crippen LogP contribution in [0.4, 0.5) is 13.2 Å². The van der Waals surface area contributed by atoms with Crippen molar-refractivity contribution in [2.75, 3.05) is 6.61 Å². The molecule has 4 nitrogen and oxygen atoms in total. The van der Waals surface area contributed by atoms with E-state index in [4.69, 9.17) is 4.74 Å². The van der Waals surface area contributed by atoms with Crippen molar-refractivity contribution in [1.82, 2.24) is 5.43 Å². The molecule has 0 saturated heterocycles. The molecule has 0 aliphatic heterocycles. The van der Waals surface area contributed by atoms with Crippen LogP contribution in [0.2, 0.25) is 0 Å². The van der Waals surface area contributed by atoms with Gasteiger partial charge in [0, 0.05) is 23.2 Å². The van der Waals surface area contributed by atoms with Gasteiger partial charge in [-0.3, -0.25) is 5.43 Å². The highest BCUT2D eigenvalue weighted by atomic mass is 19.4. The molecule has 0 amide bonds. The Morgan fingerprint density at radius 1 is 1.10 bits per heavy atom. The van der Waals surface area contributed by atoms with Crippen molar-refractivity contribution in [2.24, 2.45) is 11.2 Å². The monoisotopic (exact) mass is 548 g/mol. The summed E-state index contributed by atoms with van der Waals surface area (Å²) in [5.41, 5.74) is 4.23. The molecule has 1 fully saturated rings. The fraction of sp³-hybridized carbons (Fsp3) is 0.625. The number of hydrogen-bond acceptors (Lipinski definition) is 3. The van der Waals surface area contributed by atoms with E-state index in [2.05, 4.69) is 66.7 Å². The molecular formula is C32H47F3N2O2. The summed E-state index contributed by atoms with van der Waals surface area (Å²) in [4.78, 5) is 10.6. The van der Waals surface area contributed by atoms with Crippen LogP contribution in [0.15, 0.2) is 58.9 Å². The average molecular weight is 549 g/mol. The van der Waals surface area contributed by atoms with Gasteiger partial charge in [-0.25, -0.2) is 0 Å². The highest BCUT2D eigenvalue weighted by Crippen LogP contribution is 2.34. The summed E-state index contributed by atoms with van der Waals surface area (Å²) >= 11 is 0. The summed E-state index contributed by atoms with van der Waals surface area (Å²) in [7, 11) is 0. The number of halogens is 3. The molecule has 1 N–H and O–H groups in total. The van der Waals surface area contributed by atoms with Crippen molar-refractivity contribution in [3.8, 4) is 11.8 Å². The highest BCUT2D eigenvalue weighted by Gasteiger charge is 2.29. The standard InChI is InChI=1S/C21H34N2O2.C11H13F3/c1-3-4-6-11-21(22-23-24)17(2)16-25-20-14-12-19(13-15-20)18-9-7-5-8-10-18;1-4-5-6-9(2)7-8-10(3)11(12,13)14/h5,7-10,17,19-21H,3-4,6,11-16H2,1-2H3,(H,22,24);7-8H,4H2,1-3H3/b;9-7-,10-8+. The third-order valence-corrected chi connectivity index (χ3v) is 7.06. The molecule has 1 aromatic rings. The van der Waals surface area contributed by atoms with Gasteiger partial charge in [0.25, 0.3) is 0 Å². The first kappa shape index (κ1) is 34.4. The van der Waals surface area contributed by atoms with Crippen molar-refractivity contribution < 1.29 is 17.9 Å². The van der Waals surface area contributed by atoms with Crippen LogP contribution in [-0.2, 0) is 4.74 Å². The molecule has 0 spiro atoms. The number of hydrogen-bond donors (Lipinski definition) is 1. The Morgan fingerprint density at radius 2 is 1.77 bits per heavy atom. The molecular weight excluding hydrogens is 501 g/mol. The van der Waals surface area contributed by atoms with Crippen LogP contribution >= 0.6 is 0 Å². The molecule has 1 aliphatic carbocycles. The van der Waals surface area contributed by atoms with Crippen molar-refractivity contribution in [3.05, 3.63) is 64.1 Å². The molecule has 218 valence electrons. The van der Waals surface area contributed by atoms with E-state index in [1.165, 1.54) is 37.3 Å². The zero-order valence-corrected chi connectivity index (χ0v) is 24.3. The summed E-state index contributed by atoms with van der Waals surface area (Å²) < 4.78 is 42.2. The minimum atomic E-state index is -4.24. The van der Waals surface area contributed by atoms with Gasteiger partial charge >= 0.3 is 6.18 Å². The first-order valence-electron chi connectivity index (χ1n) is 14.3. The van der Waals surface area contributed by atoms with Crippen molar-refractivity contribution in [1.29, 1.82) is 0 Å². The van der Waals surface area contributed by atoms with E-state index in [-0.39, 0.29) is 6.04 Å². The van der Waals surface area contributed by atoms with E-state index in [9.17, 15) is 18.1 Å². The molecule has 0 aromatic heterocycles. The van der Waals surface area contributed by atoms with Gasteiger partial charge < -0.3 is 4.74 Å². The van der Waals surface area contributed by atoms with E-state index in [0.29, 0.717) is 36.5 Å². The smallest absolute Gasteiger partial charge is 0.378 e. The highest BCUT2D eigenvalue weighted by molar-refractivity contribution is 5.31. The summed E-state index contributed by atoms with van der Waals surface area (Å²) in [5, 5.41) is 2.92. The second kappa shape index (κ2) is 19.5. The third-order valence-electron chi connectivity index (χ3n) is 7.06. The molecule has 2 atom stereocenters. The van der Waals surface area contributed by atoms with Crippen molar-refractivity contribution >= 4 is 0 Å². The maximum atomic E-state index is 12.0. The Hall–Kier alpha value is -2.59. The van der Waals surface area contributed by atoms with Crippen LogP contribution in [0.5, 0.6) is 0 Å². The van der Waals surface area contributed by atoms with E-state index in [1.807, 2.05) is 6.92 Å². The second-order valence-corrected chi connectivity index (χ2v) is 10.4. The average Bonchev–Trinajstić information content (AvgIpc) is 2.93. The largest absolute Gasteiger partial charge is 0.412 e. The predicted octanol–water partition coefficient (Wildman–Crippen LogP) is 9.44. The lowest BCUT2D eigenvalue weighted by Crippen LogP contribution is -2.35. The SMILES string of the molecule is CCC#C/C(C)=C\C=C(/C)C(F)(F)F.CCCCCC(NN=O)C(C)COC1CCC(c2ccccc2)CC1. The number of allylic oxidation sites excluding steroid dienone is 4. The van der Waals surface area contributed by atoms with Crippen LogP contribution in [0.1, 0.15) is 104 Å². The van der Waals surface area contributed by atoms with Gasteiger partial charge in [-0.1, -0.05) is 94.4 Å². The van der Waals surface area contributed by atoms with E-state index in [0.717, 1.165) is 38.7 Å². The van der Waals surface area contributed by atoms with Gasteiger partial charge in [-0.15, -0.1) is 4.91 Å². The van der Waals surface area contributed by atoms with Gasteiger partial charge in [-0.2, -0.15) is 13.2 Å². The molecule has 0 radical (unpaired) electrons. The lowest BCUT2D eigenvalue weighted by Gasteiger charge is -2.31. The van der Waals surface area contributed by atoms with Crippen molar-refractivity contribution in [3.63, 3.8) is 0 Å². The van der Waals surface area contributed by atoms with Gasteiger partial charge in [0.05, 0.1) is 18.8 Å². The number of benzene rings is 1. The number of nitrogens with zero attached hydrogens (tertiary/aromatic N) is 1. The fourth-order valence-corrected chi connectivity index (χ4v) is 4.46. The molecule has 2 unspecified atom stereocenters. The number of unbranched alkanes of at least 4 members (excludes halogenated alkanes) is 2. The van der Waals surface area contributed by atoms with Crippen LogP contribution in [0, 0.1) is 22.7 Å². The zero-order chi connectivity index (χ0) is 29.1. The van der Waals surface area contributed by atoms with E-state index >= 15 is 0 Å². The molecule has 0 heterocycles. The molecule has 0 bridgehead atoms. The molecule has 39 heavy (non-hydrogen) atoms. The normalized spacial score (nSPS) is 19.6. The molecule has 1 saturated carbocycles. The summed E-state index contributed by atoms with van der Waals surface area (Å²) in [6, 6.07) is 11.0. The number of nitroso groups, excluding NO2 is 1. The molecule has 2 rings (SSSR count). The topological polar surface area (TPSA) is 50.7 Å². The summed E-state index contributed by atoms with van der Waals surface area (Å²) in [6.07, 6.45) is 8.44. The maximum absolute atomic E-state index is 12.0. The minimum Gasteiger partial charge on any atom is -0.378 e. The lowest BCUT2D eigenvalue weighted by atomic mass is 9.83. The number of nitrogens with one attached hydrogen (secondary N) is 1. The van der Waals surface area contributed by atoms with Crippen LogP contribution in [0.25, 0.3) is 0 Å². The Kier molecular flexibility index (Phi) is 17.2. The van der Waals surface area contributed by atoms with E-state index < -0.39 is 11.7 Å². The van der Waals surface area contributed by atoms with Crippen LogP contribution in [0.3, 0.4) is 0 Å².